The first kappa shape index (κ1) is 19.1. The quantitative estimate of drug-likeness (QED) is 0.619. The van der Waals surface area contributed by atoms with E-state index in [1.54, 1.807) is 43.3 Å². The van der Waals surface area contributed by atoms with Crippen molar-refractivity contribution in [3.63, 3.8) is 0 Å². The van der Waals surface area contributed by atoms with E-state index in [1.807, 2.05) is 13.0 Å². The van der Waals surface area contributed by atoms with Gasteiger partial charge in [-0.05, 0) is 42.1 Å². The lowest BCUT2D eigenvalue weighted by atomic mass is 10.3. The average Bonchev–Trinajstić information content (AvgIpc) is 2.97. The Morgan fingerprint density at radius 2 is 2.07 bits per heavy atom. The van der Waals surface area contributed by atoms with E-state index in [-0.39, 0.29) is 16.3 Å². The minimum Gasteiger partial charge on any atom is -0.324 e. The van der Waals surface area contributed by atoms with E-state index in [9.17, 15) is 8.42 Å². The minimum absolute atomic E-state index is 0.0496. The Labute approximate surface area is 159 Å². The predicted octanol–water partition coefficient (Wildman–Crippen LogP) is 2.40. The number of nitrogens with zero attached hydrogens (tertiary/aromatic N) is 6. The summed E-state index contributed by atoms with van der Waals surface area (Å²) >= 11 is 0. The molecule has 1 unspecified atom stereocenters. The predicted molar refractivity (Wildman–Crippen MR) is 104 cm³/mol. The van der Waals surface area contributed by atoms with Gasteiger partial charge in [0.25, 0.3) is 0 Å². The van der Waals surface area contributed by atoms with Crippen molar-refractivity contribution < 1.29 is 8.42 Å². The zero-order valence-corrected chi connectivity index (χ0v) is 17.0. The first-order chi connectivity index (χ1) is 12.8. The summed E-state index contributed by atoms with van der Waals surface area (Å²) in [6.45, 7) is 3.45. The van der Waals surface area contributed by atoms with Gasteiger partial charge in [0, 0.05) is 12.7 Å². The summed E-state index contributed by atoms with van der Waals surface area (Å²) in [5.74, 6) is 0.381. The molecule has 0 aliphatic rings. The van der Waals surface area contributed by atoms with Gasteiger partial charge in [0.2, 0.25) is 6.19 Å². The van der Waals surface area contributed by atoms with Crippen molar-refractivity contribution in [1.82, 2.24) is 19.5 Å². The normalized spacial score (nSPS) is 13.0. The van der Waals surface area contributed by atoms with Crippen LogP contribution in [0.5, 0.6) is 0 Å². The van der Waals surface area contributed by atoms with Crippen molar-refractivity contribution in [2.45, 2.75) is 23.8 Å². The standard InChI is InChI=1S/C17H18N6O2S2/c1-5-27(24,25)14-6-7-15(26(4)20-10-18)22-16(14)17-21-12-8-11(2)19-9-13(12)23(17)3/h6-9H,5H2,1-4H3. The number of sulfone groups is 1. The maximum absolute atomic E-state index is 12.6. The largest absolute Gasteiger partial charge is 0.324 e. The molecule has 3 heterocycles. The van der Waals surface area contributed by atoms with Gasteiger partial charge in [0.05, 0.1) is 27.9 Å². The van der Waals surface area contributed by atoms with Crippen LogP contribution in [0.1, 0.15) is 12.6 Å². The molecule has 3 aromatic heterocycles. The summed E-state index contributed by atoms with van der Waals surface area (Å²) in [5.41, 5.74) is 2.57. The molecule has 0 amide bonds. The average molecular weight is 403 g/mol. The lowest BCUT2D eigenvalue weighted by Crippen LogP contribution is -2.10. The molecule has 3 aromatic rings. The van der Waals surface area contributed by atoms with E-state index in [0.29, 0.717) is 16.4 Å². The van der Waals surface area contributed by atoms with Crippen molar-refractivity contribution >= 4 is 31.6 Å². The molecule has 0 saturated heterocycles. The second-order valence-electron chi connectivity index (χ2n) is 5.88. The van der Waals surface area contributed by atoms with E-state index >= 15 is 0 Å². The van der Waals surface area contributed by atoms with Crippen LogP contribution >= 0.6 is 0 Å². The molecule has 0 aliphatic carbocycles. The highest BCUT2D eigenvalue weighted by Crippen LogP contribution is 2.29. The number of hydrogen-bond acceptors (Lipinski definition) is 7. The molecular weight excluding hydrogens is 384 g/mol. The Kier molecular flexibility index (Phi) is 5.08. The van der Waals surface area contributed by atoms with Crippen LogP contribution in [0.2, 0.25) is 0 Å². The van der Waals surface area contributed by atoms with Crippen LogP contribution in [0.3, 0.4) is 0 Å². The fraction of sp³-hybridized carbons (Fsp3) is 0.294. The molecule has 0 N–H and O–H groups in total. The lowest BCUT2D eigenvalue weighted by molar-refractivity contribution is 0.597. The first-order valence-corrected chi connectivity index (χ1v) is 11.3. The lowest BCUT2D eigenvalue weighted by Gasteiger charge is -2.11. The molecule has 0 spiro atoms. The van der Waals surface area contributed by atoms with Gasteiger partial charge in [-0.2, -0.15) is 5.26 Å². The van der Waals surface area contributed by atoms with Gasteiger partial charge in [-0.25, -0.2) is 18.4 Å². The highest BCUT2D eigenvalue weighted by Gasteiger charge is 2.24. The van der Waals surface area contributed by atoms with E-state index in [0.717, 1.165) is 11.2 Å². The molecule has 3 rings (SSSR count). The number of pyridine rings is 2. The smallest absolute Gasteiger partial charge is 0.212 e. The molecule has 0 bridgehead atoms. The third-order valence-electron chi connectivity index (χ3n) is 4.14. The van der Waals surface area contributed by atoms with Gasteiger partial charge in [0.15, 0.2) is 15.7 Å². The zero-order chi connectivity index (χ0) is 19.8. The summed E-state index contributed by atoms with van der Waals surface area (Å²) in [7, 11) is -2.50. The summed E-state index contributed by atoms with van der Waals surface area (Å²) in [6.07, 6.45) is 5.23. The molecule has 8 nitrogen and oxygen atoms in total. The maximum atomic E-state index is 12.6. The SMILES string of the molecule is CCS(=O)(=O)c1ccc(/S(C)=N/C#N)nc1-c1nc2cc(C)ncc2n1C. The number of aryl methyl sites for hydroxylation is 2. The second kappa shape index (κ2) is 7.17. The number of fused-ring (bicyclic) bond motifs is 1. The number of nitriles is 1. The van der Waals surface area contributed by atoms with Crippen LogP contribution in [0, 0.1) is 18.4 Å². The highest BCUT2D eigenvalue weighted by atomic mass is 32.2. The van der Waals surface area contributed by atoms with Crippen molar-refractivity contribution in [1.29, 1.82) is 5.26 Å². The molecule has 0 aromatic carbocycles. The van der Waals surface area contributed by atoms with Gasteiger partial charge in [-0.1, -0.05) is 6.92 Å². The van der Waals surface area contributed by atoms with Crippen LogP contribution < -0.4 is 0 Å². The summed E-state index contributed by atoms with van der Waals surface area (Å²) in [5, 5.41) is 9.35. The van der Waals surface area contributed by atoms with Crippen LogP contribution in [-0.2, 0) is 27.6 Å². The van der Waals surface area contributed by atoms with E-state index in [4.69, 9.17) is 5.26 Å². The van der Waals surface area contributed by atoms with Gasteiger partial charge in [-0.15, -0.1) is 4.36 Å². The van der Waals surface area contributed by atoms with Crippen molar-refractivity contribution in [2.24, 2.45) is 11.4 Å². The summed E-state index contributed by atoms with van der Waals surface area (Å²) in [6, 6.07) is 4.96. The summed E-state index contributed by atoms with van der Waals surface area (Å²) in [4.78, 5) is 13.5. The third kappa shape index (κ3) is 3.48. The molecule has 0 fully saturated rings. The Morgan fingerprint density at radius 3 is 2.74 bits per heavy atom. The van der Waals surface area contributed by atoms with Gasteiger partial charge in [-0.3, -0.25) is 4.98 Å². The highest BCUT2D eigenvalue weighted by molar-refractivity contribution is 7.91. The van der Waals surface area contributed by atoms with E-state index in [1.165, 1.54) is 6.07 Å². The fourth-order valence-electron chi connectivity index (χ4n) is 2.67. The van der Waals surface area contributed by atoms with Crippen LogP contribution in [-0.4, -0.2) is 39.9 Å². The first-order valence-electron chi connectivity index (χ1n) is 8.07. The molecule has 1 atom stereocenters. The Hall–Kier alpha value is -2.64. The van der Waals surface area contributed by atoms with Crippen molar-refractivity contribution in [2.75, 3.05) is 12.0 Å². The van der Waals surface area contributed by atoms with Gasteiger partial charge < -0.3 is 4.57 Å². The molecule has 0 aliphatic heterocycles. The summed E-state index contributed by atoms with van der Waals surface area (Å²) < 4.78 is 30.8. The molecule has 0 radical (unpaired) electrons. The van der Waals surface area contributed by atoms with Crippen LogP contribution in [0.25, 0.3) is 22.6 Å². The number of aromatic nitrogens is 4. The van der Waals surface area contributed by atoms with Gasteiger partial charge in [0.1, 0.15) is 10.7 Å². The fourth-order valence-corrected chi connectivity index (χ4v) is 4.39. The van der Waals surface area contributed by atoms with Crippen molar-refractivity contribution in [3.05, 3.63) is 30.1 Å². The Morgan fingerprint density at radius 1 is 1.33 bits per heavy atom. The van der Waals surface area contributed by atoms with Crippen molar-refractivity contribution in [3.8, 4) is 17.7 Å². The molecule has 10 heteroatoms. The molecule has 27 heavy (non-hydrogen) atoms. The van der Waals surface area contributed by atoms with E-state index in [2.05, 4.69) is 19.3 Å². The Balaban J connectivity index is 2.36. The minimum atomic E-state index is -3.52. The zero-order valence-electron chi connectivity index (χ0n) is 15.3. The third-order valence-corrected chi connectivity index (χ3v) is 7.09. The number of rotatable bonds is 4. The molecule has 140 valence electrons. The van der Waals surface area contributed by atoms with E-state index < -0.39 is 20.5 Å². The van der Waals surface area contributed by atoms with Gasteiger partial charge >= 0.3 is 0 Å². The Bertz CT molecular complexity index is 1220. The topological polar surface area (TPSA) is 114 Å². The monoisotopic (exact) mass is 402 g/mol. The molecule has 0 saturated carbocycles. The number of hydrogen-bond donors (Lipinski definition) is 0. The van der Waals surface area contributed by atoms with Crippen LogP contribution in [0.15, 0.2) is 38.7 Å². The second-order valence-corrected chi connectivity index (χ2v) is 9.68. The molecular formula is C17H18N6O2S2. The number of imidazole rings is 1. The van der Waals surface area contributed by atoms with Crippen LogP contribution in [0.4, 0.5) is 0 Å². The maximum Gasteiger partial charge on any atom is 0.212 e.